The molecule has 1 saturated heterocycles. The maximum absolute atomic E-state index is 12.4. The van der Waals surface area contributed by atoms with Gasteiger partial charge in [-0.3, -0.25) is 9.69 Å². The number of nitrogens with zero attached hydrogens (tertiary/aromatic N) is 4. The number of aromatic nitrogens is 2. The van der Waals surface area contributed by atoms with Gasteiger partial charge in [0, 0.05) is 31.7 Å². The van der Waals surface area contributed by atoms with Crippen LogP contribution >= 0.6 is 11.3 Å². The molecule has 2 aromatic heterocycles. The van der Waals surface area contributed by atoms with E-state index in [4.69, 9.17) is 9.26 Å². The van der Waals surface area contributed by atoms with Crippen molar-refractivity contribution in [2.75, 3.05) is 33.3 Å². The van der Waals surface area contributed by atoms with Gasteiger partial charge >= 0.3 is 0 Å². The monoisotopic (exact) mass is 384 g/mol. The third-order valence-corrected chi connectivity index (χ3v) is 5.42. The summed E-state index contributed by atoms with van der Waals surface area (Å²) in [5.41, 5.74) is 0.862. The Bertz CT molecular complexity index is 884. The number of amides is 1. The van der Waals surface area contributed by atoms with Gasteiger partial charge in [0.2, 0.25) is 0 Å². The summed E-state index contributed by atoms with van der Waals surface area (Å²) in [6, 6.07) is 11.3. The van der Waals surface area contributed by atoms with Gasteiger partial charge in [-0.2, -0.15) is 4.98 Å². The van der Waals surface area contributed by atoms with Gasteiger partial charge in [0.1, 0.15) is 5.75 Å². The Morgan fingerprint density at radius 3 is 2.63 bits per heavy atom. The summed E-state index contributed by atoms with van der Waals surface area (Å²) >= 11 is 1.49. The molecule has 3 aromatic rings. The average molecular weight is 384 g/mol. The van der Waals surface area contributed by atoms with Crippen LogP contribution in [0.25, 0.3) is 11.5 Å². The van der Waals surface area contributed by atoms with Crippen molar-refractivity contribution in [2.24, 2.45) is 0 Å². The van der Waals surface area contributed by atoms with Crippen LogP contribution in [-0.2, 0) is 6.54 Å². The fourth-order valence-electron chi connectivity index (χ4n) is 3.03. The maximum atomic E-state index is 12.4. The van der Waals surface area contributed by atoms with Gasteiger partial charge in [0.15, 0.2) is 5.82 Å². The van der Waals surface area contributed by atoms with Crippen LogP contribution in [0, 0.1) is 0 Å². The molecule has 0 spiro atoms. The van der Waals surface area contributed by atoms with Crippen LogP contribution in [0.3, 0.4) is 0 Å². The van der Waals surface area contributed by atoms with Crippen molar-refractivity contribution >= 4 is 17.2 Å². The van der Waals surface area contributed by atoms with Crippen molar-refractivity contribution in [3.63, 3.8) is 0 Å². The number of ether oxygens (including phenoxy) is 1. The van der Waals surface area contributed by atoms with E-state index in [1.807, 2.05) is 46.7 Å². The van der Waals surface area contributed by atoms with Gasteiger partial charge in [-0.15, -0.1) is 11.3 Å². The first kappa shape index (κ1) is 17.7. The van der Waals surface area contributed by atoms with E-state index < -0.39 is 0 Å². The molecule has 1 aliphatic rings. The molecule has 0 radical (unpaired) electrons. The van der Waals surface area contributed by atoms with E-state index in [2.05, 4.69) is 15.0 Å². The molecule has 0 saturated carbocycles. The predicted octanol–water partition coefficient (Wildman–Crippen LogP) is 2.76. The zero-order chi connectivity index (χ0) is 18.6. The molecular weight excluding hydrogens is 364 g/mol. The average Bonchev–Trinajstić information content (AvgIpc) is 3.40. The van der Waals surface area contributed by atoms with Crippen LogP contribution in [0.5, 0.6) is 5.75 Å². The molecule has 3 heterocycles. The molecule has 140 valence electrons. The molecule has 0 unspecified atom stereocenters. The molecule has 7 nitrogen and oxygen atoms in total. The molecule has 4 rings (SSSR count). The van der Waals surface area contributed by atoms with E-state index in [-0.39, 0.29) is 5.91 Å². The third-order valence-electron chi connectivity index (χ3n) is 4.56. The van der Waals surface area contributed by atoms with Gasteiger partial charge in [-0.05, 0) is 35.7 Å². The highest BCUT2D eigenvalue weighted by atomic mass is 32.1. The second-order valence-electron chi connectivity index (χ2n) is 6.29. The molecule has 0 atom stereocenters. The number of piperazine rings is 1. The predicted molar refractivity (Wildman–Crippen MR) is 102 cm³/mol. The quantitative estimate of drug-likeness (QED) is 0.674. The van der Waals surface area contributed by atoms with Gasteiger partial charge in [0.05, 0.1) is 18.5 Å². The molecule has 1 fully saturated rings. The van der Waals surface area contributed by atoms with Crippen LogP contribution in [0.2, 0.25) is 0 Å². The van der Waals surface area contributed by atoms with E-state index >= 15 is 0 Å². The highest BCUT2D eigenvalue weighted by Gasteiger charge is 2.23. The van der Waals surface area contributed by atoms with Crippen molar-refractivity contribution in [1.29, 1.82) is 0 Å². The number of benzene rings is 1. The van der Waals surface area contributed by atoms with Crippen molar-refractivity contribution in [1.82, 2.24) is 19.9 Å². The lowest BCUT2D eigenvalue weighted by atomic mass is 10.2. The van der Waals surface area contributed by atoms with E-state index in [9.17, 15) is 4.79 Å². The van der Waals surface area contributed by atoms with Crippen molar-refractivity contribution < 1.29 is 14.1 Å². The van der Waals surface area contributed by atoms with Gasteiger partial charge in [-0.25, -0.2) is 0 Å². The Balaban J connectivity index is 1.33. The first-order valence-corrected chi connectivity index (χ1v) is 9.63. The van der Waals surface area contributed by atoms with E-state index in [1.165, 1.54) is 11.3 Å². The highest BCUT2D eigenvalue weighted by molar-refractivity contribution is 7.12. The lowest BCUT2D eigenvalue weighted by Gasteiger charge is -2.33. The van der Waals surface area contributed by atoms with E-state index in [1.54, 1.807) is 7.11 Å². The fraction of sp³-hybridized carbons (Fsp3) is 0.316. The molecule has 0 bridgehead atoms. The second kappa shape index (κ2) is 7.89. The summed E-state index contributed by atoms with van der Waals surface area (Å²) in [6.07, 6.45) is 0. The standard InChI is InChI=1S/C19H20N4O3S/c1-25-15-6-4-14(5-7-15)18-20-17(21-26-18)13-22-8-10-23(11-9-22)19(24)16-3-2-12-27-16/h2-7,12H,8-11,13H2,1H3. The fourth-order valence-corrected chi connectivity index (χ4v) is 3.72. The number of carbonyl (C=O) groups excluding carboxylic acids is 1. The number of hydrogen-bond acceptors (Lipinski definition) is 7. The Hall–Kier alpha value is -2.71. The zero-order valence-electron chi connectivity index (χ0n) is 15.0. The van der Waals surface area contributed by atoms with Crippen molar-refractivity contribution in [2.45, 2.75) is 6.54 Å². The second-order valence-corrected chi connectivity index (χ2v) is 7.24. The van der Waals surface area contributed by atoms with Crippen LogP contribution in [0.15, 0.2) is 46.3 Å². The first-order chi connectivity index (χ1) is 13.2. The van der Waals surface area contributed by atoms with Crippen LogP contribution in [0.4, 0.5) is 0 Å². The molecule has 1 amide bonds. The minimum Gasteiger partial charge on any atom is -0.497 e. The number of rotatable bonds is 5. The zero-order valence-corrected chi connectivity index (χ0v) is 15.8. The number of hydrogen-bond donors (Lipinski definition) is 0. The van der Waals surface area contributed by atoms with Crippen molar-refractivity contribution in [3.8, 4) is 17.2 Å². The largest absolute Gasteiger partial charge is 0.497 e. The summed E-state index contributed by atoms with van der Waals surface area (Å²) in [5.74, 6) is 2.05. The normalized spacial score (nSPS) is 15.1. The number of thiophene rings is 1. The minimum absolute atomic E-state index is 0.117. The van der Waals surface area contributed by atoms with Crippen LogP contribution in [-0.4, -0.2) is 59.1 Å². The maximum Gasteiger partial charge on any atom is 0.264 e. The van der Waals surface area contributed by atoms with Crippen LogP contribution in [0.1, 0.15) is 15.5 Å². The Kier molecular flexibility index (Phi) is 5.17. The number of methoxy groups -OCH3 is 1. The Morgan fingerprint density at radius 1 is 1.19 bits per heavy atom. The Labute approximate surface area is 161 Å². The summed E-state index contributed by atoms with van der Waals surface area (Å²) in [4.78, 5) is 21.8. The topological polar surface area (TPSA) is 71.7 Å². The van der Waals surface area contributed by atoms with E-state index in [0.717, 1.165) is 29.3 Å². The van der Waals surface area contributed by atoms with Gasteiger partial charge in [0.25, 0.3) is 11.8 Å². The number of carbonyl (C=O) groups is 1. The summed E-state index contributed by atoms with van der Waals surface area (Å²) in [7, 11) is 1.63. The molecule has 27 heavy (non-hydrogen) atoms. The summed E-state index contributed by atoms with van der Waals surface area (Å²) in [6.45, 7) is 3.62. The van der Waals surface area contributed by atoms with Crippen molar-refractivity contribution in [3.05, 3.63) is 52.5 Å². The highest BCUT2D eigenvalue weighted by Crippen LogP contribution is 2.21. The molecule has 0 N–H and O–H groups in total. The SMILES string of the molecule is COc1ccc(-c2nc(CN3CCN(C(=O)c4cccs4)CC3)no2)cc1. The first-order valence-electron chi connectivity index (χ1n) is 8.75. The molecule has 8 heteroatoms. The lowest BCUT2D eigenvalue weighted by molar-refractivity contribution is 0.0629. The van der Waals surface area contributed by atoms with Gasteiger partial charge in [-0.1, -0.05) is 11.2 Å². The lowest BCUT2D eigenvalue weighted by Crippen LogP contribution is -2.48. The molecule has 0 aliphatic carbocycles. The van der Waals surface area contributed by atoms with Crippen LogP contribution < -0.4 is 4.74 Å². The smallest absolute Gasteiger partial charge is 0.264 e. The summed E-state index contributed by atoms with van der Waals surface area (Å²) < 4.78 is 10.5. The molecular formula is C19H20N4O3S. The van der Waals surface area contributed by atoms with Gasteiger partial charge < -0.3 is 14.2 Å². The molecule has 1 aromatic carbocycles. The molecule has 1 aliphatic heterocycles. The minimum atomic E-state index is 0.117. The van der Waals surface area contributed by atoms with E-state index in [0.29, 0.717) is 31.3 Å². The third kappa shape index (κ3) is 4.01. The Morgan fingerprint density at radius 2 is 1.96 bits per heavy atom. The summed E-state index contributed by atoms with van der Waals surface area (Å²) in [5, 5.41) is 6.02.